The topological polar surface area (TPSA) is 88.2 Å². The predicted octanol–water partition coefficient (Wildman–Crippen LogP) is 4.14. The first-order valence-corrected chi connectivity index (χ1v) is 10.5. The van der Waals surface area contributed by atoms with E-state index in [-0.39, 0.29) is 21.5 Å². The highest BCUT2D eigenvalue weighted by atomic mass is 35.5. The number of carbonyl (C=O) groups excluding carboxylic acids is 1. The Morgan fingerprint density at radius 1 is 1.14 bits per heavy atom. The van der Waals surface area contributed by atoms with Crippen LogP contribution in [0.2, 0.25) is 5.02 Å². The zero-order valence-electron chi connectivity index (χ0n) is 15.7. The van der Waals surface area contributed by atoms with Crippen LogP contribution in [0.15, 0.2) is 53.6 Å². The zero-order valence-corrected chi connectivity index (χ0v) is 17.2. The SMILES string of the molecule is Cc1ccc(NC(=O)c2cc(S(=O)(=O)NC(C)C)ccc2Cl)c2cccnc12. The van der Waals surface area contributed by atoms with Gasteiger partial charge in [0.1, 0.15) is 0 Å². The third-order valence-electron chi connectivity index (χ3n) is 4.10. The number of pyridine rings is 1. The Morgan fingerprint density at radius 3 is 2.61 bits per heavy atom. The molecule has 0 spiro atoms. The van der Waals surface area contributed by atoms with Crippen LogP contribution >= 0.6 is 11.6 Å². The van der Waals surface area contributed by atoms with Crippen LogP contribution in [0.1, 0.15) is 29.8 Å². The normalized spacial score (nSPS) is 11.8. The van der Waals surface area contributed by atoms with Gasteiger partial charge in [0, 0.05) is 17.6 Å². The zero-order chi connectivity index (χ0) is 20.5. The fourth-order valence-corrected chi connectivity index (χ4v) is 4.32. The van der Waals surface area contributed by atoms with E-state index in [1.165, 1.54) is 18.2 Å². The minimum absolute atomic E-state index is 0.0221. The molecule has 28 heavy (non-hydrogen) atoms. The number of aryl methyl sites for hydroxylation is 1. The van der Waals surface area contributed by atoms with Crippen LogP contribution in [0.5, 0.6) is 0 Å². The van der Waals surface area contributed by atoms with E-state index in [4.69, 9.17) is 11.6 Å². The molecule has 0 atom stereocenters. The highest BCUT2D eigenvalue weighted by Gasteiger charge is 2.20. The minimum atomic E-state index is -3.74. The van der Waals surface area contributed by atoms with Crippen molar-refractivity contribution < 1.29 is 13.2 Å². The summed E-state index contributed by atoms with van der Waals surface area (Å²) in [5.74, 6) is -0.499. The van der Waals surface area contributed by atoms with Gasteiger partial charge in [-0.3, -0.25) is 9.78 Å². The molecule has 2 aromatic carbocycles. The smallest absolute Gasteiger partial charge is 0.257 e. The number of anilines is 1. The third-order valence-corrected chi connectivity index (χ3v) is 6.09. The lowest BCUT2D eigenvalue weighted by molar-refractivity contribution is 0.102. The van der Waals surface area contributed by atoms with Gasteiger partial charge >= 0.3 is 0 Å². The Bertz CT molecular complexity index is 1160. The predicted molar refractivity (Wildman–Crippen MR) is 111 cm³/mol. The van der Waals surface area contributed by atoms with Crippen molar-refractivity contribution in [3.05, 3.63) is 64.8 Å². The number of hydrogen-bond acceptors (Lipinski definition) is 4. The first kappa shape index (κ1) is 20.3. The second kappa shape index (κ2) is 7.87. The summed E-state index contributed by atoms with van der Waals surface area (Å²) in [6.45, 7) is 5.38. The van der Waals surface area contributed by atoms with Gasteiger partial charge in [-0.1, -0.05) is 17.7 Å². The van der Waals surface area contributed by atoms with Gasteiger partial charge in [-0.15, -0.1) is 0 Å². The Morgan fingerprint density at radius 2 is 1.89 bits per heavy atom. The third kappa shape index (κ3) is 4.16. The van der Waals surface area contributed by atoms with Crippen molar-refractivity contribution in [2.75, 3.05) is 5.32 Å². The van der Waals surface area contributed by atoms with Crippen molar-refractivity contribution in [1.82, 2.24) is 9.71 Å². The average molecular weight is 418 g/mol. The molecule has 0 aliphatic heterocycles. The first-order chi connectivity index (χ1) is 13.2. The molecule has 8 heteroatoms. The number of sulfonamides is 1. The number of hydrogen-bond donors (Lipinski definition) is 2. The van der Waals surface area contributed by atoms with E-state index in [1.807, 2.05) is 19.1 Å². The molecule has 6 nitrogen and oxygen atoms in total. The Labute approximate surface area is 169 Å². The molecule has 3 rings (SSSR count). The summed E-state index contributed by atoms with van der Waals surface area (Å²) in [6.07, 6.45) is 1.69. The van der Waals surface area contributed by atoms with Gasteiger partial charge in [-0.2, -0.15) is 0 Å². The molecule has 0 radical (unpaired) electrons. The van der Waals surface area contributed by atoms with E-state index < -0.39 is 15.9 Å². The summed E-state index contributed by atoms with van der Waals surface area (Å²) in [5, 5.41) is 3.76. The van der Waals surface area contributed by atoms with Crippen LogP contribution < -0.4 is 10.0 Å². The average Bonchev–Trinajstić information content (AvgIpc) is 2.63. The largest absolute Gasteiger partial charge is 0.321 e. The van der Waals surface area contributed by atoms with Gasteiger partial charge in [0.2, 0.25) is 10.0 Å². The monoisotopic (exact) mass is 417 g/mol. The summed E-state index contributed by atoms with van der Waals surface area (Å²) in [5.41, 5.74) is 2.41. The second-order valence-electron chi connectivity index (χ2n) is 6.70. The standard InChI is InChI=1S/C20H20ClN3O3S/c1-12(2)24-28(26,27)14-7-8-17(21)16(11-14)20(25)23-18-9-6-13(3)19-15(18)5-4-10-22-19/h4-12,24H,1-3H3,(H,23,25). The van der Waals surface area contributed by atoms with Gasteiger partial charge in [0.25, 0.3) is 5.91 Å². The molecule has 0 aliphatic rings. The van der Waals surface area contributed by atoms with Crippen molar-refractivity contribution in [3.63, 3.8) is 0 Å². The number of carbonyl (C=O) groups is 1. The van der Waals surface area contributed by atoms with Crippen LogP contribution in [0.25, 0.3) is 10.9 Å². The highest BCUT2D eigenvalue weighted by Crippen LogP contribution is 2.27. The van der Waals surface area contributed by atoms with Gasteiger partial charge in [0.05, 0.1) is 26.7 Å². The second-order valence-corrected chi connectivity index (χ2v) is 8.82. The quantitative estimate of drug-likeness (QED) is 0.653. The van der Waals surface area contributed by atoms with Gasteiger partial charge in [-0.25, -0.2) is 13.1 Å². The van der Waals surface area contributed by atoms with Crippen LogP contribution in [0.3, 0.4) is 0 Å². The Kier molecular flexibility index (Phi) is 5.69. The van der Waals surface area contributed by atoms with Crippen molar-refractivity contribution in [2.45, 2.75) is 31.7 Å². The number of rotatable bonds is 5. The van der Waals surface area contributed by atoms with Crippen LogP contribution in [-0.2, 0) is 10.0 Å². The summed E-state index contributed by atoms with van der Waals surface area (Å²) >= 11 is 6.17. The highest BCUT2D eigenvalue weighted by molar-refractivity contribution is 7.89. The number of nitrogens with zero attached hydrogens (tertiary/aromatic N) is 1. The fraction of sp³-hybridized carbons (Fsp3) is 0.200. The van der Waals surface area contributed by atoms with Crippen LogP contribution in [0.4, 0.5) is 5.69 Å². The minimum Gasteiger partial charge on any atom is -0.321 e. The van der Waals surface area contributed by atoms with Crippen LogP contribution in [-0.4, -0.2) is 25.4 Å². The van der Waals surface area contributed by atoms with E-state index in [1.54, 1.807) is 32.2 Å². The van der Waals surface area contributed by atoms with Gasteiger partial charge in [-0.05, 0) is 62.7 Å². The lowest BCUT2D eigenvalue weighted by atomic mass is 10.1. The molecule has 0 saturated carbocycles. The van der Waals surface area contributed by atoms with E-state index in [2.05, 4.69) is 15.0 Å². The summed E-state index contributed by atoms with van der Waals surface area (Å²) in [6, 6.07) is 11.1. The Hall–Kier alpha value is -2.48. The number of amides is 1. The molecule has 0 aliphatic carbocycles. The number of halogens is 1. The molecular weight excluding hydrogens is 398 g/mol. The summed E-state index contributed by atoms with van der Waals surface area (Å²) in [7, 11) is -3.74. The van der Waals surface area contributed by atoms with Crippen molar-refractivity contribution in [2.24, 2.45) is 0 Å². The molecule has 0 fully saturated rings. The number of aromatic nitrogens is 1. The lowest BCUT2D eigenvalue weighted by Crippen LogP contribution is -2.30. The lowest BCUT2D eigenvalue weighted by Gasteiger charge is -2.13. The fourth-order valence-electron chi connectivity index (χ4n) is 2.84. The number of nitrogens with one attached hydrogen (secondary N) is 2. The van der Waals surface area contributed by atoms with Gasteiger partial charge in [0.15, 0.2) is 0 Å². The van der Waals surface area contributed by atoms with Gasteiger partial charge < -0.3 is 5.32 Å². The molecule has 2 N–H and O–H groups in total. The van der Waals surface area contributed by atoms with E-state index in [0.29, 0.717) is 5.69 Å². The maximum Gasteiger partial charge on any atom is 0.257 e. The van der Waals surface area contributed by atoms with Crippen molar-refractivity contribution in [3.8, 4) is 0 Å². The van der Waals surface area contributed by atoms with E-state index >= 15 is 0 Å². The van der Waals surface area contributed by atoms with Crippen LogP contribution in [0, 0.1) is 6.92 Å². The molecule has 0 bridgehead atoms. The summed E-state index contributed by atoms with van der Waals surface area (Å²) < 4.78 is 27.3. The molecule has 1 aromatic heterocycles. The molecule has 0 unspecified atom stereocenters. The maximum atomic E-state index is 12.8. The summed E-state index contributed by atoms with van der Waals surface area (Å²) in [4.78, 5) is 17.2. The molecule has 3 aromatic rings. The molecule has 1 heterocycles. The molecule has 146 valence electrons. The Balaban J connectivity index is 1.98. The maximum absolute atomic E-state index is 12.8. The molecular formula is C20H20ClN3O3S. The van der Waals surface area contributed by atoms with E-state index in [9.17, 15) is 13.2 Å². The van der Waals surface area contributed by atoms with Crippen molar-refractivity contribution in [1.29, 1.82) is 0 Å². The van der Waals surface area contributed by atoms with Crippen molar-refractivity contribution >= 4 is 44.1 Å². The first-order valence-electron chi connectivity index (χ1n) is 8.66. The number of fused-ring (bicyclic) bond motifs is 1. The molecule has 1 amide bonds. The molecule has 0 saturated heterocycles. The van der Waals surface area contributed by atoms with E-state index in [0.717, 1.165) is 16.5 Å². The number of benzene rings is 2.